The first-order valence-corrected chi connectivity index (χ1v) is 13.3. The predicted molar refractivity (Wildman–Crippen MR) is 156 cm³/mol. The summed E-state index contributed by atoms with van der Waals surface area (Å²) < 4.78 is 7.31. The second-order valence-electron chi connectivity index (χ2n) is 10.2. The van der Waals surface area contributed by atoms with E-state index in [4.69, 9.17) is 4.74 Å². The van der Waals surface area contributed by atoms with E-state index in [9.17, 15) is 4.79 Å². The van der Waals surface area contributed by atoms with Crippen LogP contribution in [0.2, 0.25) is 0 Å². The molecular formula is C32H36N4O2. The van der Waals surface area contributed by atoms with Crippen LogP contribution in [0.5, 0.6) is 0 Å². The summed E-state index contributed by atoms with van der Waals surface area (Å²) in [7, 11) is 3.62. The lowest BCUT2D eigenvalue weighted by Crippen LogP contribution is -2.37. The van der Waals surface area contributed by atoms with E-state index in [-0.39, 0.29) is 17.6 Å². The van der Waals surface area contributed by atoms with Gasteiger partial charge in [-0.1, -0.05) is 60.2 Å². The van der Waals surface area contributed by atoms with E-state index in [1.807, 2.05) is 55.7 Å². The number of nitrogens with zero attached hydrogens (tertiary/aromatic N) is 3. The van der Waals surface area contributed by atoms with Gasteiger partial charge >= 0.3 is 0 Å². The van der Waals surface area contributed by atoms with Gasteiger partial charge in [-0.2, -0.15) is 0 Å². The number of benzene rings is 2. The third kappa shape index (κ3) is 5.22. The zero-order valence-electron chi connectivity index (χ0n) is 22.6. The first-order chi connectivity index (χ1) is 18.5. The molecule has 6 nitrogen and oxygen atoms in total. The topological polar surface area (TPSA) is 59.4 Å². The Morgan fingerprint density at radius 2 is 1.87 bits per heavy atom. The Kier molecular flexibility index (Phi) is 7.61. The van der Waals surface area contributed by atoms with E-state index in [1.165, 1.54) is 5.56 Å². The lowest BCUT2D eigenvalue weighted by atomic mass is 9.95. The van der Waals surface area contributed by atoms with E-state index in [0.717, 1.165) is 53.3 Å². The molecule has 0 amide bonds. The molecule has 38 heavy (non-hydrogen) atoms. The summed E-state index contributed by atoms with van der Waals surface area (Å²) in [6.07, 6.45) is 3.95. The van der Waals surface area contributed by atoms with Crippen LogP contribution in [0, 0.1) is 6.92 Å². The minimum atomic E-state index is -0.00450. The molecule has 2 aromatic carbocycles. The van der Waals surface area contributed by atoms with Crippen LogP contribution in [0.1, 0.15) is 36.9 Å². The Balaban J connectivity index is 1.63. The molecule has 1 aliphatic rings. The smallest absolute Gasteiger partial charge is 0.260 e. The quantitative estimate of drug-likeness (QED) is 0.307. The van der Waals surface area contributed by atoms with Gasteiger partial charge in [-0.05, 0) is 67.1 Å². The molecular weight excluding hydrogens is 472 g/mol. The van der Waals surface area contributed by atoms with Crippen LogP contribution in [0.4, 0.5) is 11.6 Å². The molecule has 0 bridgehead atoms. The maximum absolute atomic E-state index is 14.0. The summed E-state index contributed by atoms with van der Waals surface area (Å²) in [6, 6.07) is 25.1. The van der Waals surface area contributed by atoms with E-state index < -0.39 is 0 Å². The van der Waals surface area contributed by atoms with Crippen LogP contribution in [-0.2, 0) is 11.8 Å². The van der Waals surface area contributed by atoms with Gasteiger partial charge in [0.25, 0.3) is 5.56 Å². The van der Waals surface area contributed by atoms with Crippen molar-refractivity contribution in [1.82, 2.24) is 9.55 Å². The van der Waals surface area contributed by atoms with Crippen molar-refractivity contribution >= 4 is 11.6 Å². The molecule has 5 rings (SSSR count). The van der Waals surface area contributed by atoms with E-state index in [2.05, 4.69) is 59.4 Å². The first kappa shape index (κ1) is 25.7. The molecule has 0 saturated carbocycles. The van der Waals surface area contributed by atoms with Gasteiger partial charge in [0, 0.05) is 32.9 Å². The molecule has 3 heterocycles. The molecule has 2 aromatic heterocycles. The number of rotatable bonds is 8. The van der Waals surface area contributed by atoms with Gasteiger partial charge < -0.3 is 15.0 Å². The number of aryl methyl sites for hydroxylation is 1. The van der Waals surface area contributed by atoms with Crippen LogP contribution in [0.25, 0.3) is 22.3 Å². The third-order valence-corrected chi connectivity index (χ3v) is 7.48. The highest BCUT2D eigenvalue weighted by Gasteiger charge is 2.28. The van der Waals surface area contributed by atoms with E-state index >= 15 is 0 Å². The van der Waals surface area contributed by atoms with Crippen molar-refractivity contribution in [3.8, 4) is 22.3 Å². The maximum atomic E-state index is 14.0. The molecule has 1 aliphatic heterocycles. The zero-order valence-corrected chi connectivity index (χ0v) is 22.6. The summed E-state index contributed by atoms with van der Waals surface area (Å²) in [5.41, 5.74) is 5.80. The van der Waals surface area contributed by atoms with E-state index in [0.29, 0.717) is 12.2 Å². The number of ether oxygens (including phenoxy) is 1. The van der Waals surface area contributed by atoms with Gasteiger partial charge in [-0.25, -0.2) is 4.98 Å². The van der Waals surface area contributed by atoms with Crippen molar-refractivity contribution in [1.29, 1.82) is 0 Å². The lowest BCUT2D eigenvalue weighted by Gasteiger charge is -2.29. The van der Waals surface area contributed by atoms with Gasteiger partial charge in [-0.3, -0.25) is 9.36 Å². The fraction of sp³-hybridized carbons (Fsp3) is 0.312. The standard InChI is InChI=1S/C32H36N4O2/c1-22-10-8-13-26(18-22)31-28(20-30(35(3)32(31)37)36-17-9-14-27(36)21-38-4)25-15-16-33-29(19-25)34-23(2)24-11-6-5-7-12-24/h5-8,10-13,15-16,18-20,23,27H,9,14,17,21H2,1-4H3,(H,33,34)/t23-,27-/m0/s1. The van der Waals surface area contributed by atoms with Crippen molar-refractivity contribution in [3.05, 3.63) is 100 Å². The van der Waals surface area contributed by atoms with Crippen molar-refractivity contribution in [3.63, 3.8) is 0 Å². The van der Waals surface area contributed by atoms with Gasteiger partial charge in [0.2, 0.25) is 0 Å². The number of hydrogen-bond donors (Lipinski definition) is 1. The number of pyridine rings is 2. The Hall–Kier alpha value is -3.90. The van der Waals surface area contributed by atoms with Crippen LogP contribution < -0.4 is 15.8 Å². The molecule has 2 atom stereocenters. The fourth-order valence-corrected chi connectivity index (χ4v) is 5.49. The van der Waals surface area contributed by atoms with Crippen molar-refractivity contribution < 1.29 is 4.74 Å². The molecule has 0 radical (unpaired) electrons. The number of hydrogen-bond acceptors (Lipinski definition) is 5. The number of aromatic nitrogens is 2. The third-order valence-electron chi connectivity index (χ3n) is 7.48. The summed E-state index contributed by atoms with van der Waals surface area (Å²) in [5.74, 6) is 1.69. The van der Waals surface area contributed by atoms with Crippen LogP contribution >= 0.6 is 0 Å². The van der Waals surface area contributed by atoms with Crippen molar-refractivity contribution in [2.45, 2.75) is 38.8 Å². The molecule has 0 unspecified atom stereocenters. The summed E-state index contributed by atoms with van der Waals surface area (Å²) >= 11 is 0. The second-order valence-corrected chi connectivity index (χ2v) is 10.2. The average molecular weight is 509 g/mol. The fourth-order valence-electron chi connectivity index (χ4n) is 5.49. The SMILES string of the molecule is COC[C@@H]1CCCN1c1cc(-c2ccnc(N[C@@H](C)c3ccccc3)c2)c(-c2cccc(C)c2)c(=O)n1C. The molecule has 0 aliphatic carbocycles. The van der Waals surface area contributed by atoms with E-state index in [1.54, 1.807) is 11.7 Å². The lowest BCUT2D eigenvalue weighted by molar-refractivity contribution is 0.180. The van der Waals surface area contributed by atoms with Crippen molar-refractivity contribution in [2.24, 2.45) is 7.05 Å². The van der Waals surface area contributed by atoms with Gasteiger partial charge in [0.15, 0.2) is 0 Å². The normalized spacial score (nSPS) is 16.0. The first-order valence-electron chi connectivity index (χ1n) is 13.3. The molecule has 196 valence electrons. The summed E-state index contributed by atoms with van der Waals surface area (Å²) in [5, 5.41) is 3.53. The molecule has 4 aromatic rings. The van der Waals surface area contributed by atoms with Gasteiger partial charge in [-0.15, -0.1) is 0 Å². The highest BCUT2D eigenvalue weighted by atomic mass is 16.5. The monoisotopic (exact) mass is 508 g/mol. The molecule has 1 saturated heterocycles. The highest BCUT2D eigenvalue weighted by molar-refractivity contribution is 5.85. The Morgan fingerprint density at radius 1 is 1.05 bits per heavy atom. The van der Waals surface area contributed by atoms with Crippen molar-refractivity contribution in [2.75, 3.05) is 30.5 Å². The molecule has 1 N–H and O–H groups in total. The minimum absolute atomic E-state index is 0.00450. The van der Waals surface area contributed by atoms with Crippen LogP contribution in [0.15, 0.2) is 83.8 Å². The molecule has 6 heteroatoms. The summed E-state index contributed by atoms with van der Waals surface area (Å²) in [4.78, 5) is 21.0. The number of anilines is 2. The second kappa shape index (κ2) is 11.2. The largest absolute Gasteiger partial charge is 0.383 e. The van der Waals surface area contributed by atoms with Crippen LogP contribution in [0.3, 0.4) is 0 Å². The molecule has 0 spiro atoms. The Morgan fingerprint density at radius 3 is 2.63 bits per heavy atom. The number of nitrogens with one attached hydrogen (secondary N) is 1. The number of methoxy groups -OCH3 is 1. The Bertz CT molecular complexity index is 1460. The van der Waals surface area contributed by atoms with Gasteiger partial charge in [0.05, 0.1) is 18.2 Å². The predicted octanol–water partition coefficient (Wildman–Crippen LogP) is 6.21. The van der Waals surface area contributed by atoms with Gasteiger partial charge in [0.1, 0.15) is 11.6 Å². The Labute approximate surface area is 224 Å². The highest BCUT2D eigenvalue weighted by Crippen LogP contribution is 2.35. The molecule has 1 fully saturated rings. The minimum Gasteiger partial charge on any atom is -0.383 e. The summed E-state index contributed by atoms with van der Waals surface area (Å²) in [6.45, 7) is 5.73. The average Bonchev–Trinajstić information content (AvgIpc) is 3.39. The zero-order chi connectivity index (χ0) is 26.6. The maximum Gasteiger partial charge on any atom is 0.260 e. The van der Waals surface area contributed by atoms with Crippen LogP contribution in [-0.4, -0.2) is 35.9 Å².